The summed E-state index contributed by atoms with van der Waals surface area (Å²) in [5.41, 5.74) is 0. The summed E-state index contributed by atoms with van der Waals surface area (Å²) in [6, 6.07) is -0.890. The Morgan fingerprint density at radius 1 is 1.61 bits per heavy atom. The highest BCUT2D eigenvalue weighted by Crippen LogP contribution is 2.35. The first kappa shape index (κ1) is 16.2. The van der Waals surface area contributed by atoms with Gasteiger partial charge in [-0.1, -0.05) is 0 Å². The van der Waals surface area contributed by atoms with Crippen molar-refractivity contribution in [1.82, 2.24) is 5.09 Å². The molecule has 18 heavy (non-hydrogen) atoms. The third-order valence-corrected chi connectivity index (χ3v) is 3.75. The molecule has 2 unspecified atom stereocenters. The van der Waals surface area contributed by atoms with Gasteiger partial charge < -0.3 is 18.9 Å². The maximum absolute atomic E-state index is 11.5. The first-order valence-electron chi connectivity index (χ1n) is 6.10. The third kappa shape index (κ3) is 5.39. The molecule has 0 aromatic carbocycles. The van der Waals surface area contributed by atoms with Gasteiger partial charge in [-0.3, -0.25) is 9.65 Å². The summed E-state index contributed by atoms with van der Waals surface area (Å²) in [4.78, 5) is 11.5. The summed E-state index contributed by atoms with van der Waals surface area (Å²) in [6.45, 7) is 5.81. The molecule has 0 saturated carbocycles. The standard InChI is InChI=1S/C10H21BNO5P/c1-4-16-18(13,14)12-8-5-10(11)17-9(8)6-15-7(2)3/h7-10H,4-6H2,1-3H3,(H2,12,13,14)/p-1/t8?,9-,10-/m1/s1. The molecule has 0 spiro atoms. The number of hydrogen-bond acceptors (Lipinski definition) is 5. The number of ether oxygens (including phenoxy) is 2. The minimum Gasteiger partial charge on any atom is -0.766 e. The third-order valence-electron chi connectivity index (χ3n) is 2.50. The maximum atomic E-state index is 11.5. The molecule has 1 N–H and O–H groups in total. The molecule has 2 radical (unpaired) electrons. The zero-order valence-corrected chi connectivity index (χ0v) is 11.9. The summed E-state index contributed by atoms with van der Waals surface area (Å²) >= 11 is 0. The molecule has 1 aliphatic heterocycles. The van der Waals surface area contributed by atoms with Crippen molar-refractivity contribution >= 4 is 15.6 Å². The molecule has 8 heteroatoms. The Bertz CT molecular complexity index is 304. The lowest BCUT2D eigenvalue weighted by atomic mass is 9.95. The molecule has 0 aliphatic carbocycles. The van der Waals surface area contributed by atoms with Crippen LogP contribution in [0.2, 0.25) is 0 Å². The monoisotopic (exact) mass is 276 g/mol. The van der Waals surface area contributed by atoms with E-state index in [-0.39, 0.29) is 18.8 Å². The lowest BCUT2D eigenvalue weighted by molar-refractivity contribution is -0.203. The molecule has 0 amide bonds. The van der Waals surface area contributed by atoms with Crippen LogP contribution in [0.25, 0.3) is 0 Å². The van der Waals surface area contributed by atoms with Crippen molar-refractivity contribution in [1.29, 1.82) is 0 Å². The molecule has 1 saturated heterocycles. The molecular formula is C10H20BNO5P-. The molecule has 104 valence electrons. The van der Waals surface area contributed by atoms with Crippen molar-refractivity contribution in [3.63, 3.8) is 0 Å². The van der Waals surface area contributed by atoms with Gasteiger partial charge in [-0.25, -0.2) is 0 Å². The Morgan fingerprint density at radius 2 is 2.28 bits per heavy atom. The van der Waals surface area contributed by atoms with Gasteiger partial charge in [-0.15, -0.1) is 0 Å². The summed E-state index contributed by atoms with van der Waals surface area (Å²) in [5.74, 6) is 0. The molecule has 1 rings (SSSR count). The summed E-state index contributed by atoms with van der Waals surface area (Å²) in [6.07, 6.45) is 0.0768. The van der Waals surface area contributed by atoms with Crippen LogP contribution in [0.15, 0.2) is 0 Å². The number of rotatable bonds is 7. The van der Waals surface area contributed by atoms with Gasteiger partial charge in [0.05, 0.1) is 25.4 Å². The Hall–Kier alpha value is 0.0949. The second kappa shape index (κ2) is 7.03. The first-order chi connectivity index (χ1) is 8.34. The molecule has 6 nitrogen and oxygen atoms in total. The fraction of sp³-hybridized carbons (Fsp3) is 1.00. The van der Waals surface area contributed by atoms with E-state index in [0.717, 1.165) is 0 Å². The van der Waals surface area contributed by atoms with Crippen LogP contribution in [-0.2, 0) is 18.6 Å². The zero-order chi connectivity index (χ0) is 13.8. The van der Waals surface area contributed by atoms with Crippen LogP contribution in [0.3, 0.4) is 0 Å². The van der Waals surface area contributed by atoms with Crippen molar-refractivity contribution in [2.75, 3.05) is 13.2 Å². The van der Waals surface area contributed by atoms with Crippen LogP contribution in [0.4, 0.5) is 0 Å². The SMILES string of the molecule is [B][C@H]1CC(NP(=O)([O-])OCC)[C@@H](COC(C)C)O1. The zero-order valence-electron chi connectivity index (χ0n) is 11.0. The van der Waals surface area contributed by atoms with E-state index in [0.29, 0.717) is 13.0 Å². The Balaban J connectivity index is 2.53. The van der Waals surface area contributed by atoms with Crippen LogP contribution < -0.4 is 9.98 Å². The van der Waals surface area contributed by atoms with Crippen LogP contribution in [0.5, 0.6) is 0 Å². The lowest BCUT2D eigenvalue weighted by Gasteiger charge is -2.29. The molecule has 0 bridgehead atoms. The maximum Gasteiger partial charge on any atom is 0.204 e. The molecule has 1 heterocycles. The average molecular weight is 276 g/mol. The average Bonchev–Trinajstić information content (AvgIpc) is 2.54. The molecular weight excluding hydrogens is 256 g/mol. The predicted octanol–water partition coefficient (Wildman–Crippen LogP) is 0.158. The van der Waals surface area contributed by atoms with Crippen LogP contribution in [0, 0.1) is 0 Å². The van der Waals surface area contributed by atoms with E-state index in [9.17, 15) is 9.46 Å². The Morgan fingerprint density at radius 3 is 2.83 bits per heavy atom. The van der Waals surface area contributed by atoms with E-state index >= 15 is 0 Å². The van der Waals surface area contributed by atoms with E-state index in [2.05, 4.69) is 9.61 Å². The highest BCUT2D eigenvalue weighted by Gasteiger charge is 2.34. The van der Waals surface area contributed by atoms with Crippen LogP contribution in [0.1, 0.15) is 27.2 Å². The van der Waals surface area contributed by atoms with E-state index in [1.165, 1.54) is 0 Å². The van der Waals surface area contributed by atoms with E-state index < -0.39 is 19.8 Å². The minimum absolute atomic E-state index is 0.0528. The Kier molecular flexibility index (Phi) is 6.31. The minimum atomic E-state index is -4.04. The highest BCUT2D eigenvalue weighted by atomic mass is 31.2. The van der Waals surface area contributed by atoms with Gasteiger partial charge in [-0.2, -0.15) is 0 Å². The van der Waals surface area contributed by atoms with Gasteiger partial charge in [-0.05, 0) is 27.2 Å². The largest absolute Gasteiger partial charge is 0.766 e. The number of nitrogens with one attached hydrogen (secondary N) is 1. The van der Waals surface area contributed by atoms with Crippen molar-refractivity contribution in [2.24, 2.45) is 0 Å². The Labute approximate surface area is 109 Å². The van der Waals surface area contributed by atoms with Crippen LogP contribution in [-0.4, -0.2) is 45.3 Å². The van der Waals surface area contributed by atoms with Crippen molar-refractivity contribution in [3.8, 4) is 0 Å². The van der Waals surface area contributed by atoms with Gasteiger partial charge in [0, 0.05) is 12.0 Å². The first-order valence-corrected chi connectivity index (χ1v) is 7.64. The quantitative estimate of drug-likeness (QED) is 0.527. The number of hydrogen-bond donors (Lipinski definition) is 1. The second-order valence-electron chi connectivity index (χ2n) is 4.48. The van der Waals surface area contributed by atoms with Crippen molar-refractivity contribution in [2.45, 2.75) is 51.4 Å². The summed E-state index contributed by atoms with van der Waals surface area (Å²) in [5, 5.41) is 2.45. The van der Waals surface area contributed by atoms with Gasteiger partial charge in [0.25, 0.3) is 0 Å². The second-order valence-corrected chi connectivity index (χ2v) is 5.99. The van der Waals surface area contributed by atoms with Crippen LogP contribution >= 0.6 is 7.75 Å². The summed E-state index contributed by atoms with van der Waals surface area (Å²) < 4.78 is 27.0. The van der Waals surface area contributed by atoms with Gasteiger partial charge >= 0.3 is 0 Å². The smallest absolute Gasteiger partial charge is 0.204 e. The predicted molar refractivity (Wildman–Crippen MR) is 66.3 cm³/mol. The normalized spacial score (nSPS) is 31.7. The molecule has 0 aromatic rings. The highest BCUT2D eigenvalue weighted by molar-refractivity contribution is 7.49. The fourth-order valence-corrected chi connectivity index (χ4v) is 2.86. The van der Waals surface area contributed by atoms with Crippen molar-refractivity contribution in [3.05, 3.63) is 0 Å². The summed E-state index contributed by atoms with van der Waals surface area (Å²) in [7, 11) is 1.62. The molecule has 4 atom stereocenters. The fourth-order valence-electron chi connectivity index (χ4n) is 1.77. The molecule has 1 fully saturated rings. The molecule has 0 aromatic heterocycles. The van der Waals surface area contributed by atoms with Crippen molar-refractivity contribution < 1.29 is 23.5 Å². The van der Waals surface area contributed by atoms with E-state index in [4.69, 9.17) is 17.3 Å². The topological polar surface area (TPSA) is 79.9 Å². The molecule has 1 aliphatic rings. The van der Waals surface area contributed by atoms with E-state index in [1.54, 1.807) is 6.92 Å². The van der Waals surface area contributed by atoms with Gasteiger partial charge in [0.2, 0.25) is 7.75 Å². The van der Waals surface area contributed by atoms with E-state index in [1.807, 2.05) is 13.8 Å². The lowest BCUT2D eigenvalue weighted by Crippen LogP contribution is -2.40. The van der Waals surface area contributed by atoms with Gasteiger partial charge in [0.15, 0.2) is 0 Å². The van der Waals surface area contributed by atoms with Gasteiger partial charge in [0.1, 0.15) is 7.85 Å².